The van der Waals surface area contributed by atoms with Gasteiger partial charge in [-0.05, 0) is 49.2 Å². The molecule has 7 heteroatoms. The fraction of sp³-hybridized carbons (Fsp3) is 0.263. The Kier molecular flexibility index (Phi) is 5.69. The monoisotopic (exact) mass is 391 g/mol. The topological polar surface area (TPSA) is 67.0 Å². The molecule has 0 radical (unpaired) electrons. The molecule has 136 valence electrons. The first kappa shape index (κ1) is 18.5. The van der Waals surface area contributed by atoms with Crippen LogP contribution in [0.2, 0.25) is 10.0 Å². The van der Waals surface area contributed by atoms with E-state index in [2.05, 4.69) is 15.3 Å². The third-order valence-electron chi connectivity index (χ3n) is 4.11. The summed E-state index contributed by atoms with van der Waals surface area (Å²) in [6.07, 6.45) is 0.569. The summed E-state index contributed by atoms with van der Waals surface area (Å²) >= 11 is 12.0. The Labute approximate surface area is 161 Å². The minimum atomic E-state index is -0.176. The maximum Gasteiger partial charge on any atom is 0.257 e. The molecule has 0 aliphatic carbocycles. The van der Waals surface area contributed by atoms with E-state index < -0.39 is 0 Å². The Balaban J connectivity index is 1.48. The largest absolute Gasteiger partial charge is 0.484 e. The summed E-state index contributed by atoms with van der Waals surface area (Å²) in [6, 6.07) is 9.22. The zero-order valence-electron chi connectivity index (χ0n) is 14.5. The third kappa shape index (κ3) is 4.48. The Morgan fingerprint density at radius 1 is 1.15 bits per heavy atom. The SMILES string of the molecule is Cc1ccc(OCC(=O)NCCc2nc3cc(Cl)c(Cl)cc3[nH]2)cc1C. The summed E-state index contributed by atoms with van der Waals surface area (Å²) in [5, 5.41) is 3.76. The molecule has 0 atom stereocenters. The van der Waals surface area contributed by atoms with Gasteiger partial charge >= 0.3 is 0 Å². The summed E-state index contributed by atoms with van der Waals surface area (Å²) in [5.41, 5.74) is 3.89. The first-order valence-corrected chi connectivity index (χ1v) is 8.98. The van der Waals surface area contributed by atoms with Gasteiger partial charge in [-0.2, -0.15) is 0 Å². The Hall–Kier alpha value is -2.24. The smallest absolute Gasteiger partial charge is 0.257 e. The molecule has 1 aromatic heterocycles. The molecule has 3 rings (SSSR count). The highest BCUT2D eigenvalue weighted by molar-refractivity contribution is 6.42. The van der Waals surface area contributed by atoms with Crippen LogP contribution in [0.15, 0.2) is 30.3 Å². The molecule has 0 aliphatic heterocycles. The number of hydrogen-bond donors (Lipinski definition) is 2. The minimum Gasteiger partial charge on any atom is -0.484 e. The highest BCUT2D eigenvalue weighted by atomic mass is 35.5. The van der Waals surface area contributed by atoms with Gasteiger partial charge in [-0.3, -0.25) is 4.79 Å². The maximum atomic E-state index is 11.9. The lowest BCUT2D eigenvalue weighted by Crippen LogP contribution is -2.30. The number of rotatable bonds is 6. The van der Waals surface area contributed by atoms with Crippen molar-refractivity contribution in [1.29, 1.82) is 0 Å². The molecule has 0 unspecified atom stereocenters. The van der Waals surface area contributed by atoms with Crippen molar-refractivity contribution < 1.29 is 9.53 Å². The van der Waals surface area contributed by atoms with Gasteiger partial charge in [-0.1, -0.05) is 29.3 Å². The maximum absolute atomic E-state index is 11.9. The Morgan fingerprint density at radius 2 is 1.92 bits per heavy atom. The van der Waals surface area contributed by atoms with Crippen LogP contribution in [-0.4, -0.2) is 29.0 Å². The number of carbonyl (C=O) groups is 1. The van der Waals surface area contributed by atoms with Crippen molar-refractivity contribution in [2.24, 2.45) is 0 Å². The van der Waals surface area contributed by atoms with Gasteiger partial charge in [-0.15, -0.1) is 0 Å². The molecule has 0 saturated carbocycles. The van der Waals surface area contributed by atoms with Crippen LogP contribution >= 0.6 is 23.2 Å². The van der Waals surface area contributed by atoms with Crippen LogP contribution in [0.25, 0.3) is 11.0 Å². The number of imidazole rings is 1. The number of nitrogens with zero attached hydrogens (tertiary/aromatic N) is 1. The predicted molar refractivity (Wildman–Crippen MR) is 104 cm³/mol. The lowest BCUT2D eigenvalue weighted by molar-refractivity contribution is -0.123. The van der Waals surface area contributed by atoms with Gasteiger partial charge < -0.3 is 15.0 Å². The van der Waals surface area contributed by atoms with Gasteiger partial charge in [0.1, 0.15) is 11.6 Å². The fourth-order valence-corrected chi connectivity index (χ4v) is 2.82. The second-order valence-electron chi connectivity index (χ2n) is 6.10. The van der Waals surface area contributed by atoms with Gasteiger partial charge in [0.05, 0.1) is 21.1 Å². The number of ether oxygens (including phenoxy) is 1. The number of aryl methyl sites for hydroxylation is 2. The van der Waals surface area contributed by atoms with E-state index in [1.807, 2.05) is 32.0 Å². The number of amides is 1. The first-order valence-electron chi connectivity index (χ1n) is 8.23. The number of aromatic amines is 1. The van der Waals surface area contributed by atoms with Gasteiger partial charge in [0.15, 0.2) is 6.61 Å². The summed E-state index contributed by atoms with van der Waals surface area (Å²) in [6.45, 7) is 4.48. The minimum absolute atomic E-state index is 0.0200. The summed E-state index contributed by atoms with van der Waals surface area (Å²) < 4.78 is 5.52. The van der Waals surface area contributed by atoms with E-state index >= 15 is 0 Å². The van der Waals surface area contributed by atoms with Crippen molar-refractivity contribution in [2.45, 2.75) is 20.3 Å². The molecule has 0 bridgehead atoms. The van der Waals surface area contributed by atoms with Gasteiger partial charge in [0.2, 0.25) is 0 Å². The predicted octanol–water partition coefficient (Wildman–Crippen LogP) is 4.22. The highest BCUT2D eigenvalue weighted by Crippen LogP contribution is 2.26. The van der Waals surface area contributed by atoms with Crippen LogP contribution in [0.1, 0.15) is 17.0 Å². The molecule has 0 spiro atoms. The average molecular weight is 392 g/mol. The quantitative estimate of drug-likeness (QED) is 0.660. The van der Waals surface area contributed by atoms with E-state index in [9.17, 15) is 4.79 Å². The molecule has 3 aromatic rings. The number of benzene rings is 2. The number of H-pyrrole nitrogens is 1. The number of aromatic nitrogens is 2. The molecule has 26 heavy (non-hydrogen) atoms. The van der Waals surface area contributed by atoms with Crippen molar-refractivity contribution in [2.75, 3.05) is 13.2 Å². The molecule has 0 saturated heterocycles. The normalized spacial score (nSPS) is 10.9. The summed E-state index contributed by atoms with van der Waals surface area (Å²) in [5.74, 6) is 1.27. The van der Waals surface area contributed by atoms with Crippen LogP contribution in [-0.2, 0) is 11.2 Å². The van der Waals surface area contributed by atoms with Crippen molar-refractivity contribution in [1.82, 2.24) is 15.3 Å². The molecular formula is C19H19Cl2N3O2. The van der Waals surface area contributed by atoms with E-state index in [0.717, 1.165) is 22.4 Å². The van der Waals surface area contributed by atoms with E-state index in [-0.39, 0.29) is 12.5 Å². The number of carbonyl (C=O) groups excluding carboxylic acids is 1. The van der Waals surface area contributed by atoms with Crippen molar-refractivity contribution >= 4 is 40.1 Å². The van der Waals surface area contributed by atoms with Gasteiger partial charge in [-0.25, -0.2) is 4.98 Å². The lowest BCUT2D eigenvalue weighted by Gasteiger charge is -2.08. The van der Waals surface area contributed by atoms with Crippen molar-refractivity contribution in [3.05, 3.63) is 57.3 Å². The average Bonchev–Trinajstić information content (AvgIpc) is 2.98. The standard InChI is InChI=1S/C19H19Cl2N3O2/c1-11-3-4-13(7-12(11)2)26-10-19(25)22-6-5-18-23-16-8-14(20)15(21)9-17(16)24-18/h3-4,7-9H,5-6,10H2,1-2H3,(H,22,25)(H,23,24). The molecular weight excluding hydrogens is 373 g/mol. The number of halogens is 2. The van der Waals surface area contributed by atoms with E-state index in [1.165, 1.54) is 5.56 Å². The van der Waals surface area contributed by atoms with Crippen LogP contribution < -0.4 is 10.1 Å². The van der Waals surface area contributed by atoms with Crippen LogP contribution in [0.3, 0.4) is 0 Å². The second-order valence-corrected chi connectivity index (χ2v) is 6.92. The molecule has 0 fully saturated rings. The van der Waals surface area contributed by atoms with Gasteiger partial charge in [0.25, 0.3) is 5.91 Å². The first-order chi connectivity index (χ1) is 12.4. The van der Waals surface area contributed by atoms with E-state index in [0.29, 0.717) is 28.8 Å². The zero-order valence-corrected chi connectivity index (χ0v) is 16.0. The van der Waals surface area contributed by atoms with Crippen molar-refractivity contribution in [3.63, 3.8) is 0 Å². The molecule has 2 N–H and O–H groups in total. The van der Waals surface area contributed by atoms with Gasteiger partial charge in [0, 0.05) is 13.0 Å². The highest BCUT2D eigenvalue weighted by Gasteiger charge is 2.08. The molecule has 2 aromatic carbocycles. The molecule has 0 aliphatic rings. The Bertz CT molecular complexity index is 914. The van der Waals surface area contributed by atoms with Crippen LogP contribution in [0.5, 0.6) is 5.75 Å². The Morgan fingerprint density at radius 3 is 2.69 bits per heavy atom. The summed E-state index contributed by atoms with van der Waals surface area (Å²) in [7, 11) is 0. The second kappa shape index (κ2) is 7.98. The third-order valence-corrected chi connectivity index (χ3v) is 4.83. The van der Waals surface area contributed by atoms with E-state index in [4.69, 9.17) is 27.9 Å². The van der Waals surface area contributed by atoms with E-state index in [1.54, 1.807) is 12.1 Å². The number of nitrogens with one attached hydrogen (secondary N) is 2. The zero-order chi connectivity index (χ0) is 18.7. The number of hydrogen-bond acceptors (Lipinski definition) is 3. The fourth-order valence-electron chi connectivity index (χ4n) is 2.50. The lowest BCUT2D eigenvalue weighted by atomic mass is 10.1. The molecule has 1 heterocycles. The van der Waals surface area contributed by atoms with Crippen molar-refractivity contribution in [3.8, 4) is 5.75 Å². The van der Waals surface area contributed by atoms with Crippen LogP contribution in [0.4, 0.5) is 0 Å². The molecule has 5 nitrogen and oxygen atoms in total. The summed E-state index contributed by atoms with van der Waals surface area (Å²) in [4.78, 5) is 19.5. The molecule has 1 amide bonds. The number of fused-ring (bicyclic) bond motifs is 1. The van der Waals surface area contributed by atoms with Crippen LogP contribution in [0, 0.1) is 13.8 Å².